The zero-order valence-electron chi connectivity index (χ0n) is 8.73. The van der Waals surface area contributed by atoms with Crippen LogP contribution >= 0.6 is 0 Å². The third kappa shape index (κ3) is 4.07. The van der Waals surface area contributed by atoms with Crippen LogP contribution in [0.4, 0.5) is 0 Å². The molecule has 0 amide bonds. The van der Waals surface area contributed by atoms with E-state index >= 15 is 0 Å². The van der Waals surface area contributed by atoms with Crippen LogP contribution in [0.25, 0.3) is 0 Å². The largest absolute Gasteiger partial charge is 0.466 e. The fourth-order valence-electron chi connectivity index (χ4n) is 1.48. The molecule has 0 aromatic rings. The van der Waals surface area contributed by atoms with Gasteiger partial charge in [0.05, 0.1) is 18.8 Å². The van der Waals surface area contributed by atoms with Crippen molar-refractivity contribution in [3.63, 3.8) is 0 Å². The van der Waals surface area contributed by atoms with Gasteiger partial charge in [0, 0.05) is 6.92 Å². The zero-order valence-corrected chi connectivity index (χ0v) is 8.73. The molecular formula is C10H18O4. The van der Waals surface area contributed by atoms with E-state index in [9.17, 15) is 4.79 Å². The maximum Gasteiger partial charge on any atom is 0.302 e. The molecule has 0 unspecified atom stereocenters. The van der Waals surface area contributed by atoms with Crippen LogP contribution in [0.1, 0.15) is 33.1 Å². The summed E-state index contributed by atoms with van der Waals surface area (Å²) in [6, 6.07) is 0. The lowest BCUT2D eigenvalue weighted by Gasteiger charge is -2.00. The summed E-state index contributed by atoms with van der Waals surface area (Å²) in [6.07, 6.45) is 2.66. The van der Waals surface area contributed by atoms with Gasteiger partial charge in [-0.1, -0.05) is 0 Å². The lowest BCUT2D eigenvalue weighted by atomic mass is 10.1. The molecule has 1 saturated heterocycles. The average molecular weight is 202 g/mol. The fourth-order valence-corrected chi connectivity index (χ4v) is 1.48. The molecule has 0 bridgehead atoms. The van der Waals surface area contributed by atoms with Gasteiger partial charge in [0.25, 0.3) is 0 Å². The highest BCUT2D eigenvalue weighted by molar-refractivity contribution is 5.65. The maximum absolute atomic E-state index is 10.4. The van der Waals surface area contributed by atoms with Gasteiger partial charge in [0.2, 0.25) is 0 Å². The molecule has 1 aliphatic heterocycles. The molecule has 4 nitrogen and oxygen atoms in total. The highest BCUT2D eigenvalue weighted by Crippen LogP contribution is 2.29. The SMILES string of the molecule is CC(=O)OCCCC[C@H]1O[C@H]1[C@@H](C)O. The number of hydrogen-bond donors (Lipinski definition) is 1. The standard InChI is InChI=1S/C10H18O4/c1-7(11)10-9(14-10)5-3-4-6-13-8(2)12/h7,9-11H,3-6H2,1-2H3/t7-,9-,10+/m1/s1. The maximum atomic E-state index is 10.4. The molecule has 0 saturated carbocycles. The molecule has 1 N–H and O–H groups in total. The van der Waals surface area contributed by atoms with Crippen molar-refractivity contribution in [2.75, 3.05) is 6.61 Å². The van der Waals surface area contributed by atoms with Gasteiger partial charge in [0.1, 0.15) is 6.10 Å². The Hall–Kier alpha value is -0.610. The van der Waals surface area contributed by atoms with E-state index in [1.54, 1.807) is 6.92 Å². The molecule has 0 radical (unpaired) electrons. The van der Waals surface area contributed by atoms with Crippen molar-refractivity contribution in [3.05, 3.63) is 0 Å². The number of aliphatic hydroxyl groups excluding tert-OH is 1. The van der Waals surface area contributed by atoms with Gasteiger partial charge >= 0.3 is 5.97 Å². The van der Waals surface area contributed by atoms with E-state index in [1.165, 1.54) is 6.92 Å². The number of rotatable bonds is 6. The summed E-state index contributed by atoms with van der Waals surface area (Å²) in [4.78, 5) is 10.4. The third-order valence-corrected chi connectivity index (χ3v) is 2.29. The number of epoxide rings is 1. The molecule has 0 aromatic carbocycles. The van der Waals surface area contributed by atoms with Crippen LogP contribution < -0.4 is 0 Å². The van der Waals surface area contributed by atoms with Crippen molar-refractivity contribution in [2.24, 2.45) is 0 Å². The van der Waals surface area contributed by atoms with Gasteiger partial charge in [-0.25, -0.2) is 0 Å². The minimum atomic E-state index is -0.367. The summed E-state index contributed by atoms with van der Waals surface area (Å²) in [5.41, 5.74) is 0. The average Bonchev–Trinajstić information content (AvgIpc) is 2.82. The lowest BCUT2D eigenvalue weighted by molar-refractivity contribution is -0.141. The quantitative estimate of drug-likeness (QED) is 0.394. The highest BCUT2D eigenvalue weighted by atomic mass is 16.6. The molecular weight excluding hydrogens is 184 g/mol. The Labute approximate surface area is 84.2 Å². The minimum Gasteiger partial charge on any atom is -0.466 e. The Morgan fingerprint density at radius 3 is 2.79 bits per heavy atom. The minimum absolute atomic E-state index is 0.0312. The molecule has 1 aliphatic rings. The summed E-state index contributed by atoms with van der Waals surface area (Å²) in [7, 11) is 0. The van der Waals surface area contributed by atoms with Crippen molar-refractivity contribution in [1.82, 2.24) is 0 Å². The summed E-state index contributed by atoms with van der Waals surface area (Å²) < 4.78 is 10.0. The van der Waals surface area contributed by atoms with Gasteiger partial charge in [-0.3, -0.25) is 4.79 Å². The van der Waals surface area contributed by atoms with Gasteiger partial charge in [0.15, 0.2) is 0 Å². The summed E-state index contributed by atoms with van der Waals surface area (Å²) >= 11 is 0. The molecule has 0 aromatic heterocycles. The normalized spacial score (nSPS) is 27.1. The zero-order chi connectivity index (χ0) is 10.6. The van der Waals surface area contributed by atoms with Gasteiger partial charge in [-0.2, -0.15) is 0 Å². The van der Waals surface area contributed by atoms with E-state index in [1.807, 2.05) is 0 Å². The number of unbranched alkanes of at least 4 members (excludes halogenated alkanes) is 1. The van der Waals surface area contributed by atoms with E-state index < -0.39 is 0 Å². The number of aliphatic hydroxyl groups is 1. The molecule has 1 rings (SSSR count). The van der Waals surface area contributed by atoms with Gasteiger partial charge < -0.3 is 14.6 Å². The van der Waals surface area contributed by atoms with E-state index in [2.05, 4.69) is 0 Å². The van der Waals surface area contributed by atoms with Gasteiger partial charge in [-0.15, -0.1) is 0 Å². The Kier molecular flexibility index (Phi) is 4.35. The van der Waals surface area contributed by atoms with E-state index in [0.717, 1.165) is 19.3 Å². The Bertz CT molecular complexity index is 191. The molecule has 3 atom stereocenters. The topological polar surface area (TPSA) is 59.1 Å². The molecule has 14 heavy (non-hydrogen) atoms. The van der Waals surface area contributed by atoms with E-state index in [-0.39, 0.29) is 24.3 Å². The van der Waals surface area contributed by atoms with Crippen molar-refractivity contribution in [2.45, 2.75) is 51.4 Å². The number of ether oxygens (including phenoxy) is 2. The van der Waals surface area contributed by atoms with Crippen LogP contribution in [0.2, 0.25) is 0 Å². The summed E-state index contributed by atoms with van der Waals surface area (Å²) in [5.74, 6) is -0.227. The lowest BCUT2D eigenvalue weighted by Crippen LogP contribution is -2.11. The fraction of sp³-hybridized carbons (Fsp3) is 0.900. The van der Waals surface area contributed by atoms with Crippen molar-refractivity contribution in [1.29, 1.82) is 0 Å². The smallest absolute Gasteiger partial charge is 0.302 e. The van der Waals surface area contributed by atoms with Crippen LogP contribution in [0, 0.1) is 0 Å². The number of hydrogen-bond acceptors (Lipinski definition) is 4. The first kappa shape index (κ1) is 11.5. The number of carbonyl (C=O) groups excluding carboxylic acids is 1. The number of esters is 1. The van der Waals surface area contributed by atoms with Crippen LogP contribution in [-0.4, -0.2) is 36.0 Å². The molecule has 4 heteroatoms. The first-order valence-electron chi connectivity index (χ1n) is 5.08. The Balaban J connectivity index is 1.89. The Morgan fingerprint density at radius 1 is 1.57 bits per heavy atom. The molecule has 1 heterocycles. The van der Waals surface area contributed by atoms with Gasteiger partial charge in [-0.05, 0) is 26.2 Å². The number of carbonyl (C=O) groups is 1. The van der Waals surface area contributed by atoms with E-state index in [0.29, 0.717) is 6.61 Å². The molecule has 82 valence electrons. The van der Waals surface area contributed by atoms with Crippen LogP contribution in [-0.2, 0) is 14.3 Å². The second-order valence-corrected chi connectivity index (χ2v) is 3.72. The predicted molar refractivity (Wildman–Crippen MR) is 50.8 cm³/mol. The van der Waals surface area contributed by atoms with Crippen molar-refractivity contribution in [3.8, 4) is 0 Å². The molecule has 1 fully saturated rings. The Morgan fingerprint density at radius 2 is 2.29 bits per heavy atom. The van der Waals surface area contributed by atoms with E-state index in [4.69, 9.17) is 14.6 Å². The summed E-state index contributed by atoms with van der Waals surface area (Å²) in [5, 5.41) is 9.14. The first-order valence-corrected chi connectivity index (χ1v) is 5.08. The van der Waals surface area contributed by atoms with Crippen molar-refractivity contribution < 1.29 is 19.4 Å². The van der Waals surface area contributed by atoms with Crippen LogP contribution in [0.15, 0.2) is 0 Å². The molecule has 0 spiro atoms. The highest BCUT2D eigenvalue weighted by Gasteiger charge is 2.41. The third-order valence-electron chi connectivity index (χ3n) is 2.29. The van der Waals surface area contributed by atoms with Crippen LogP contribution in [0.5, 0.6) is 0 Å². The predicted octanol–water partition coefficient (Wildman–Crippen LogP) is 0.868. The second kappa shape index (κ2) is 5.32. The van der Waals surface area contributed by atoms with Crippen LogP contribution in [0.3, 0.4) is 0 Å². The van der Waals surface area contributed by atoms with Crippen molar-refractivity contribution >= 4 is 5.97 Å². The monoisotopic (exact) mass is 202 g/mol. The first-order chi connectivity index (χ1) is 6.61. The second-order valence-electron chi connectivity index (χ2n) is 3.72. The molecule has 0 aliphatic carbocycles. The summed E-state index contributed by atoms with van der Waals surface area (Å²) in [6.45, 7) is 3.64.